The Morgan fingerprint density at radius 2 is 1.88 bits per heavy atom. The van der Waals surface area contributed by atoms with Gasteiger partial charge < -0.3 is 10.5 Å². The lowest BCUT2D eigenvalue weighted by Gasteiger charge is -2.16. The zero-order valence-corrected chi connectivity index (χ0v) is 18.1. The van der Waals surface area contributed by atoms with Gasteiger partial charge in [-0.25, -0.2) is 14.6 Å². The average molecular weight is 436 g/mol. The van der Waals surface area contributed by atoms with Crippen molar-refractivity contribution in [3.05, 3.63) is 74.6 Å². The molecule has 0 aliphatic heterocycles. The molecule has 2 aromatic heterocycles. The van der Waals surface area contributed by atoms with Gasteiger partial charge in [0.1, 0.15) is 11.4 Å². The standard InChI is InChI=1S/C23H24N4O5/c1-14(2)12-27-21(24)20(22(30)26(3)23(27)31)18(28)13-32-19(29)11-10-16-9-8-15-6-4-5-7-17(15)25-16/h4-11,14H,12-13,24H2,1-3H3/b11-10+. The molecule has 0 unspecified atom stereocenters. The smallest absolute Gasteiger partial charge is 0.332 e. The van der Waals surface area contributed by atoms with Crippen LogP contribution < -0.4 is 17.0 Å². The van der Waals surface area contributed by atoms with Crippen LogP contribution in [0.3, 0.4) is 0 Å². The summed E-state index contributed by atoms with van der Waals surface area (Å²) in [7, 11) is 1.27. The predicted octanol–water partition coefficient (Wildman–Crippen LogP) is 1.77. The second-order valence-electron chi connectivity index (χ2n) is 7.70. The number of aromatic nitrogens is 3. The number of nitrogen functional groups attached to an aromatic ring is 1. The zero-order valence-electron chi connectivity index (χ0n) is 18.1. The molecular weight excluding hydrogens is 412 g/mol. The molecule has 0 aliphatic rings. The molecule has 2 N–H and O–H groups in total. The van der Waals surface area contributed by atoms with E-state index in [2.05, 4.69) is 4.98 Å². The van der Waals surface area contributed by atoms with E-state index < -0.39 is 29.6 Å². The molecule has 0 spiro atoms. The molecule has 3 rings (SSSR count). The number of nitrogens with two attached hydrogens (primary N) is 1. The molecule has 32 heavy (non-hydrogen) atoms. The Morgan fingerprint density at radius 3 is 2.59 bits per heavy atom. The van der Waals surface area contributed by atoms with Crippen LogP contribution in [0, 0.1) is 5.92 Å². The first-order chi connectivity index (χ1) is 15.2. The largest absolute Gasteiger partial charge is 0.454 e. The van der Waals surface area contributed by atoms with Gasteiger partial charge in [0.2, 0.25) is 5.78 Å². The van der Waals surface area contributed by atoms with E-state index in [9.17, 15) is 19.2 Å². The Hall–Kier alpha value is -4.01. The molecule has 0 saturated carbocycles. The molecule has 0 atom stereocenters. The highest BCUT2D eigenvalue weighted by atomic mass is 16.5. The number of esters is 1. The summed E-state index contributed by atoms with van der Waals surface area (Å²) in [6, 6.07) is 11.2. The summed E-state index contributed by atoms with van der Waals surface area (Å²) in [6.07, 6.45) is 2.61. The highest BCUT2D eigenvalue weighted by molar-refractivity contribution is 6.02. The van der Waals surface area contributed by atoms with E-state index >= 15 is 0 Å². The van der Waals surface area contributed by atoms with Crippen LogP contribution in [-0.2, 0) is 23.1 Å². The Balaban J connectivity index is 1.74. The number of fused-ring (bicyclic) bond motifs is 1. The number of carbonyl (C=O) groups is 2. The second kappa shape index (κ2) is 9.42. The third-order valence-corrected chi connectivity index (χ3v) is 4.77. The van der Waals surface area contributed by atoms with Gasteiger partial charge in [-0.2, -0.15) is 0 Å². The fourth-order valence-electron chi connectivity index (χ4n) is 3.17. The summed E-state index contributed by atoms with van der Waals surface area (Å²) in [5, 5.41) is 0.968. The van der Waals surface area contributed by atoms with Crippen molar-refractivity contribution < 1.29 is 14.3 Å². The Kier molecular flexibility index (Phi) is 6.67. The van der Waals surface area contributed by atoms with Gasteiger partial charge in [0.25, 0.3) is 5.56 Å². The summed E-state index contributed by atoms with van der Waals surface area (Å²) in [4.78, 5) is 53.8. The normalized spacial score (nSPS) is 11.4. The number of carbonyl (C=O) groups excluding carboxylic acids is 2. The Labute approximate surface area is 183 Å². The van der Waals surface area contributed by atoms with Gasteiger partial charge in [0.05, 0.1) is 11.2 Å². The molecule has 9 nitrogen and oxygen atoms in total. The quantitative estimate of drug-likeness (QED) is 0.340. The number of ketones is 1. The van der Waals surface area contributed by atoms with Crippen LogP contribution in [0.1, 0.15) is 29.9 Å². The van der Waals surface area contributed by atoms with Gasteiger partial charge in [-0.15, -0.1) is 0 Å². The van der Waals surface area contributed by atoms with E-state index in [0.717, 1.165) is 21.5 Å². The molecule has 0 radical (unpaired) electrons. The van der Waals surface area contributed by atoms with Crippen molar-refractivity contribution in [1.29, 1.82) is 0 Å². The third kappa shape index (κ3) is 4.83. The van der Waals surface area contributed by atoms with Crippen LogP contribution >= 0.6 is 0 Å². The first kappa shape index (κ1) is 22.7. The molecule has 0 bridgehead atoms. The number of Topliss-reactive ketones (excluding diaryl/α,β-unsaturated/α-hetero) is 1. The maximum absolute atomic E-state index is 12.6. The predicted molar refractivity (Wildman–Crippen MR) is 121 cm³/mol. The van der Waals surface area contributed by atoms with E-state index in [-0.39, 0.29) is 23.8 Å². The monoisotopic (exact) mass is 436 g/mol. The molecule has 0 fully saturated rings. The minimum atomic E-state index is -0.829. The van der Waals surface area contributed by atoms with Crippen molar-refractivity contribution in [2.45, 2.75) is 20.4 Å². The van der Waals surface area contributed by atoms with Crippen LogP contribution in [0.25, 0.3) is 17.0 Å². The maximum atomic E-state index is 12.6. The fraction of sp³-hybridized carbons (Fsp3) is 0.261. The lowest BCUT2D eigenvalue weighted by molar-refractivity contribution is -0.136. The molecule has 3 aromatic rings. The van der Waals surface area contributed by atoms with E-state index in [1.54, 1.807) is 6.07 Å². The zero-order chi connectivity index (χ0) is 23.4. The van der Waals surface area contributed by atoms with Crippen molar-refractivity contribution in [1.82, 2.24) is 14.1 Å². The van der Waals surface area contributed by atoms with Crippen LogP contribution in [-0.4, -0.2) is 32.5 Å². The Bertz CT molecular complexity index is 1330. The summed E-state index contributed by atoms with van der Waals surface area (Å²) < 4.78 is 6.97. The first-order valence-corrected chi connectivity index (χ1v) is 10.0. The summed E-state index contributed by atoms with van der Waals surface area (Å²) in [6.45, 7) is 3.29. The van der Waals surface area contributed by atoms with Gasteiger partial charge in [0.15, 0.2) is 6.61 Å². The molecule has 166 valence electrons. The van der Waals surface area contributed by atoms with Gasteiger partial charge in [-0.3, -0.25) is 18.7 Å². The molecule has 1 aromatic carbocycles. The van der Waals surface area contributed by atoms with Crippen molar-refractivity contribution in [3.63, 3.8) is 0 Å². The van der Waals surface area contributed by atoms with Gasteiger partial charge in [0, 0.05) is 25.1 Å². The van der Waals surface area contributed by atoms with E-state index in [1.807, 2.05) is 44.2 Å². The maximum Gasteiger partial charge on any atom is 0.332 e. The SMILES string of the molecule is CC(C)Cn1c(N)c(C(=O)COC(=O)/C=C/c2ccc3ccccc3n2)c(=O)n(C)c1=O. The van der Waals surface area contributed by atoms with Gasteiger partial charge in [-0.1, -0.05) is 38.1 Å². The van der Waals surface area contributed by atoms with E-state index in [1.165, 1.54) is 17.7 Å². The molecule has 0 saturated heterocycles. The highest BCUT2D eigenvalue weighted by Gasteiger charge is 2.22. The number of hydrogen-bond acceptors (Lipinski definition) is 7. The third-order valence-electron chi connectivity index (χ3n) is 4.77. The Morgan fingerprint density at radius 1 is 1.16 bits per heavy atom. The average Bonchev–Trinajstić information content (AvgIpc) is 2.77. The number of anilines is 1. The number of rotatable bonds is 7. The number of nitrogens with zero attached hydrogens (tertiary/aromatic N) is 3. The van der Waals surface area contributed by atoms with Crippen LogP contribution in [0.2, 0.25) is 0 Å². The van der Waals surface area contributed by atoms with Crippen molar-refractivity contribution >= 4 is 34.5 Å². The highest BCUT2D eigenvalue weighted by Crippen LogP contribution is 2.13. The molecule has 2 heterocycles. The summed E-state index contributed by atoms with van der Waals surface area (Å²) in [5.41, 5.74) is 5.47. The number of ether oxygens (including phenoxy) is 1. The fourth-order valence-corrected chi connectivity index (χ4v) is 3.17. The van der Waals surface area contributed by atoms with Crippen LogP contribution in [0.5, 0.6) is 0 Å². The van der Waals surface area contributed by atoms with Crippen molar-refractivity contribution in [3.8, 4) is 0 Å². The molecular formula is C23H24N4O5. The number of pyridine rings is 1. The minimum Gasteiger partial charge on any atom is -0.454 e. The van der Waals surface area contributed by atoms with Crippen LogP contribution in [0.4, 0.5) is 5.82 Å². The van der Waals surface area contributed by atoms with Gasteiger partial charge >= 0.3 is 11.7 Å². The number of para-hydroxylation sites is 1. The first-order valence-electron chi connectivity index (χ1n) is 10.0. The second-order valence-corrected chi connectivity index (χ2v) is 7.70. The minimum absolute atomic E-state index is 0.0575. The number of hydrogen-bond donors (Lipinski definition) is 1. The lowest BCUT2D eigenvalue weighted by Crippen LogP contribution is -2.43. The van der Waals surface area contributed by atoms with Gasteiger partial charge in [-0.05, 0) is 24.1 Å². The lowest BCUT2D eigenvalue weighted by atomic mass is 10.1. The van der Waals surface area contributed by atoms with E-state index in [4.69, 9.17) is 10.5 Å². The van der Waals surface area contributed by atoms with E-state index in [0.29, 0.717) is 5.69 Å². The van der Waals surface area contributed by atoms with Crippen molar-refractivity contribution in [2.24, 2.45) is 13.0 Å². The molecule has 9 heteroatoms. The van der Waals surface area contributed by atoms with Crippen molar-refractivity contribution in [2.75, 3.05) is 12.3 Å². The topological polar surface area (TPSA) is 126 Å². The summed E-state index contributed by atoms with van der Waals surface area (Å²) in [5.74, 6) is -1.74. The molecule has 0 amide bonds. The van der Waals surface area contributed by atoms with Crippen LogP contribution in [0.15, 0.2) is 52.1 Å². The molecule has 0 aliphatic carbocycles. The summed E-state index contributed by atoms with van der Waals surface area (Å²) >= 11 is 0. The number of benzene rings is 1.